The molecule has 1 heterocycles. The van der Waals surface area contributed by atoms with Crippen molar-refractivity contribution in [2.24, 2.45) is 5.73 Å². The predicted octanol–water partition coefficient (Wildman–Crippen LogP) is 2.11. The summed E-state index contributed by atoms with van der Waals surface area (Å²) < 4.78 is 10.7. The van der Waals surface area contributed by atoms with E-state index in [1.807, 2.05) is 6.92 Å². The van der Waals surface area contributed by atoms with Gasteiger partial charge in [0, 0.05) is 11.6 Å². The number of hydrogen-bond donors (Lipinski definition) is 2. The highest BCUT2D eigenvalue weighted by Crippen LogP contribution is 2.45. The maximum Gasteiger partial charge on any atom is 0.305 e. The number of ether oxygens (including phenoxy) is 2. The lowest BCUT2D eigenvalue weighted by molar-refractivity contribution is -0.137. The molecule has 0 aliphatic carbocycles. The number of carbonyl (C=O) groups is 1. The van der Waals surface area contributed by atoms with Gasteiger partial charge in [0.1, 0.15) is 0 Å². The van der Waals surface area contributed by atoms with Crippen LogP contribution >= 0.6 is 11.6 Å². The molecule has 3 N–H and O–H groups in total. The fourth-order valence-corrected chi connectivity index (χ4v) is 2.35. The zero-order chi connectivity index (χ0) is 13.3. The summed E-state index contributed by atoms with van der Waals surface area (Å²) in [7, 11) is 0. The number of hydrogen-bond acceptors (Lipinski definition) is 4. The summed E-state index contributed by atoms with van der Waals surface area (Å²) in [6, 6.07) is 1.06. The van der Waals surface area contributed by atoms with Gasteiger partial charge in [0.05, 0.1) is 11.4 Å². The lowest BCUT2D eigenvalue weighted by Crippen LogP contribution is -2.17. The lowest BCUT2D eigenvalue weighted by Gasteiger charge is -2.16. The number of rotatable bonds is 4. The first-order valence-corrected chi connectivity index (χ1v) is 6.00. The molecule has 1 aliphatic heterocycles. The van der Waals surface area contributed by atoms with E-state index >= 15 is 0 Å². The summed E-state index contributed by atoms with van der Waals surface area (Å²) in [4.78, 5) is 10.7. The molecule has 98 valence electrons. The number of benzene rings is 1. The van der Waals surface area contributed by atoms with E-state index in [9.17, 15) is 4.79 Å². The standard InChI is InChI=1S/C12H14ClNO4/c1-2-6-7(9(14)4-10(15)16)3-8(13)12-11(6)17-5-18-12/h3,9H,2,4-5,14H2,1H3,(H,15,16). The third-order valence-electron chi connectivity index (χ3n) is 2.88. The number of carboxylic acid groups (broad SMARTS) is 1. The Labute approximate surface area is 109 Å². The molecule has 0 radical (unpaired) electrons. The SMILES string of the molecule is CCc1c(C(N)CC(=O)O)cc(Cl)c2c1OCO2. The van der Waals surface area contributed by atoms with E-state index in [1.165, 1.54) is 0 Å². The van der Waals surface area contributed by atoms with Crippen LogP contribution in [0.3, 0.4) is 0 Å². The third-order valence-corrected chi connectivity index (χ3v) is 3.16. The Morgan fingerprint density at radius 1 is 1.56 bits per heavy atom. The molecule has 5 nitrogen and oxygen atoms in total. The van der Waals surface area contributed by atoms with E-state index in [-0.39, 0.29) is 13.2 Å². The van der Waals surface area contributed by atoms with Crippen LogP contribution in [0.2, 0.25) is 5.02 Å². The van der Waals surface area contributed by atoms with Gasteiger partial charge in [-0.3, -0.25) is 4.79 Å². The molecule has 18 heavy (non-hydrogen) atoms. The number of carboxylic acids is 1. The second-order valence-electron chi connectivity index (χ2n) is 4.05. The topological polar surface area (TPSA) is 81.8 Å². The van der Waals surface area contributed by atoms with Gasteiger partial charge in [0.15, 0.2) is 11.5 Å². The monoisotopic (exact) mass is 271 g/mol. The second-order valence-corrected chi connectivity index (χ2v) is 4.46. The van der Waals surface area contributed by atoms with Crippen molar-refractivity contribution in [2.75, 3.05) is 6.79 Å². The van der Waals surface area contributed by atoms with Gasteiger partial charge in [-0.15, -0.1) is 0 Å². The molecular weight excluding hydrogens is 258 g/mol. The van der Waals surface area contributed by atoms with Crippen molar-refractivity contribution in [3.63, 3.8) is 0 Å². The van der Waals surface area contributed by atoms with Gasteiger partial charge < -0.3 is 20.3 Å². The van der Waals surface area contributed by atoms with Crippen LogP contribution in [0.15, 0.2) is 6.07 Å². The van der Waals surface area contributed by atoms with Crippen LogP contribution in [-0.2, 0) is 11.2 Å². The molecule has 0 bridgehead atoms. The number of fused-ring (bicyclic) bond motifs is 1. The van der Waals surface area contributed by atoms with Crippen LogP contribution in [0.1, 0.15) is 30.5 Å². The predicted molar refractivity (Wildman–Crippen MR) is 66.1 cm³/mol. The van der Waals surface area contributed by atoms with Gasteiger partial charge in [0.2, 0.25) is 6.79 Å². The van der Waals surface area contributed by atoms with Crippen LogP contribution in [0.25, 0.3) is 0 Å². The molecule has 0 aromatic heterocycles. The van der Waals surface area contributed by atoms with Gasteiger partial charge in [-0.05, 0) is 18.1 Å². The Morgan fingerprint density at radius 2 is 2.22 bits per heavy atom. The Bertz CT molecular complexity index is 489. The maximum absolute atomic E-state index is 10.7. The second kappa shape index (κ2) is 5.04. The summed E-state index contributed by atoms with van der Waals surface area (Å²) >= 11 is 6.08. The molecule has 0 saturated carbocycles. The summed E-state index contributed by atoms with van der Waals surface area (Å²) in [6.45, 7) is 2.07. The Kier molecular flexibility index (Phi) is 3.63. The van der Waals surface area contributed by atoms with Crippen LogP contribution < -0.4 is 15.2 Å². The van der Waals surface area contributed by atoms with Gasteiger partial charge in [0.25, 0.3) is 0 Å². The van der Waals surface area contributed by atoms with Crippen molar-refractivity contribution in [3.05, 3.63) is 22.2 Å². The highest BCUT2D eigenvalue weighted by molar-refractivity contribution is 6.32. The average Bonchev–Trinajstić information content (AvgIpc) is 2.77. The molecule has 0 saturated heterocycles. The Balaban J connectivity index is 2.47. The van der Waals surface area contributed by atoms with Crippen molar-refractivity contribution < 1.29 is 19.4 Å². The van der Waals surface area contributed by atoms with E-state index in [2.05, 4.69) is 0 Å². The summed E-state index contributed by atoms with van der Waals surface area (Å²) in [5, 5.41) is 9.20. The third kappa shape index (κ3) is 2.23. The Hall–Kier alpha value is -1.46. The highest BCUT2D eigenvalue weighted by atomic mass is 35.5. The van der Waals surface area contributed by atoms with Crippen molar-refractivity contribution in [3.8, 4) is 11.5 Å². The van der Waals surface area contributed by atoms with Gasteiger partial charge in [-0.25, -0.2) is 0 Å². The quantitative estimate of drug-likeness (QED) is 0.876. The van der Waals surface area contributed by atoms with Crippen molar-refractivity contribution >= 4 is 17.6 Å². The zero-order valence-electron chi connectivity index (χ0n) is 9.90. The molecule has 1 aromatic rings. The van der Waals surface area contributed by atoms with Crippen LogP contribution in [0.5, 0.6) is 11.5 Å². The van der Waals surface area contributed by atoms with Crippen molar-refractivity contribution in [2.45, 2.75) is 25.8 Å². The molecule has 1 aliphatic rings. The van der Waals surface area contributed by atoms with E-state index < -0.39 is 12.0 Å². The summed E-state index contributed by atoms with van der Waals surface area (Å²) in [6.07, 6.45) is 0.522. The highest BCUT2D eigenvalue weighted by Gasteiger charge is 2.26. The largest absolute Gasteiger partial charge is 0.481 e. The molecule has 1 aromatic carbocycles. The summed E-state index contributed by atoms with van der Waals surface area (Å²) in [5.41, 5.74) is 7.46. The van der Waals surface area contributed by atoms with Crippen molar-refractivity contribution in [1.82, 2.24) is 0 Å². The minimum atomic E-state index is -0.946. The van der Waals surface area contributed by atoms with Crippen LogP contribution in [-0.4, -0.2) is 17.9 Å². The Morgan fingerprint density at radius 3 is 2.83 bits per heavy atom. The zero-order valence-corrected chi connectivity index (χ0v) is 10.7. The minimum absolute atomic E-state index is 0.125. The van der Waals surface area contributed by atoms with Crippen LogP contribution in [0.4, 0.5) is 0 Å². The fraction of sp³-hybridized carbons (Fsp3) is 0.417. The number of halogens is 1. The molecule has 0 spiro atoms. The van der Waals surface area contributed by atoms with Gasteiger partial charge in [-0.1, -0.05) is 18.5 Å². The van der Waals surface area contributed by atoms with E-state index in [1.54, 1.807) is 6.07 Å². The molecular formula is C12H14ClNO4. The first-order chi connectivity index (χ1) is 8.54. The maximum atomic E-state index is 10.7. The number of aliphatic carboxylic acids is 1. The molecule has 2 rings (SSSR count). The summed E-state index contributed by atoms with van der Waals surface area (Å²) in [5.74, 6) is 0.152. The molecule has 1 unspecified atom stereocenters. The minimum Gasteiger partial charge on any atom is -0.481 e. The fourth-order valence-electron chi connectivity index (χ4n) is 2.09. The molecule has 0 fully saturated rings. The lowest BCUT2D eigenvalue weighted by atomic mass is 9.95. The van der Waals surface area contributed by atoms with Gasteiger partial charge in [-0.2, -0.15) is 0 Å². The van der Waals surface area contributed by atoms with Crippen molar-refractivity contribution in [1.29, 1.82) is 0 Å². The molecule has 0 amide bonds. The first-order valence-electron chi connectivity index (χ1n) is 5.62. The smallest absolute Gasteiger partial charge is 0.305 e. The van der Waals surface area contributed by atoms with E-state index in [0.29, 0.717) is 28.5 Å². The van der Waals surface area contributed by atoms with E-state index in [0.717, 1.165) is 5.56 Å². The first kappa shape index (κ1) is 13.0. The number of nitrogens with two attached hydrogens (primary N) is 1. The molecule has 1 atom stereocenters. The normalized spacial score (nSPS) is 14.6. The van der Waals surface area contributed by atoms with Gasteiger partial charge >= 0.3 is 5.97 Å². The van der Waals surface area contributed by atoms with Crippen LogP contribution in [0, 0.1) is 0 Å². The average molecular weight is 272 g/mol. The van der Waals surface area contributed by atoms with E-state index in [4.69, 9.17) is 31.9 Å². The molecule has 6 heteroatoms.